The minimum absolute atomic E-state index is 0.0861. The molecule has 1 atom stereocenters. The molecule has 0 radical (unpaired) electrons. The molecule has 0 fully saturated rings. The van der Waals surface area contributed by atoms with E-state index in [0.717, 1.165) is 29.5 Å². The maximum Gasteiger partial charge on any atom is 0.248 e. The monoisotopic (exact) mass is 465 g/mol. The molecule has 4 nitrogen and oxygen atoms in total. The molecular weight excluding hydrogens is 430 g/mol. The van der Waals surface area contributed by atoms with E-state index in [9.17, 15) is 4.79 Å². The molecule has 2 aromatic carbocycles. The first-order valence-electron chi connectivity index (χ1n) is 12.1. The van der Waals surface area contributed by atoms with Crippen LogP contribution in [0.4, 0.5) is 0 Å². The van der Waals surface area contributed by atoms with E-state index < -0.39 is 0 Å². The smallest absolute Gasteiger partial charge is 0.248 e. The third-order valence-corrected chi connectivity index (χ3v) is 5.96. The van der Waals surface area contributed by atoms with Crippen molar-refractivity contribution in [2.24, 2.45) is 5.73 Å². The Bertz CT molecular complexity index is 1190. The summed E-state index contributed by atoms with van der Waals surface area (Å²) in [4.78, 5) is 14.8. The summed E-state index contributed by atoms with van der Waals surface area (Å²) in [6.45, 7) is 12.9. The van der Waals surface area contributed by atoms with Gasteiger partial charge in [0.25, 0.3) is 0 Å². The highest BCUT2D eigenvalue weighted by Gasteiger charge is 2.16. The SMILES string of the molecule is C=CN(/C=C(\CC)C(=O)NCc1ccc(C(=C)N)cc1)Cc1ccc2c(c1)C=CC2C#CCCC. The average molecular weight is 466 g/mol. The van der Waals surface area contributed by atoms with Crippen molar-refractivity contribution in [3.8, 4) is 11.8 Å². The summed E-state index contributed by atoms with van der Waals surface area (Å²) in [5.41, 5.74) is 12.5. The molecule has 0 saturated heterocycles. The van der Waals surface area contributed by atoms with Crippen LogP contribution >= 0.6 is 0 Å². The number of hydrogen-bond acceptors (Lipinski definition) is 3. The van der Waals surface area contributed by atoms with Gasteiger partial charge in [0.05, 0.1) is 5.92 Å². The maximum absolute atomic E-state index is 12.8. The second-order valence-corrected chi connectivity index (χ2v) is 8.64. The molecule has 0 aromatic heterocycles. The minimum atomic E-state index is -0.0861. The van der Waals surface area contributed by atoms with Gasteiger partial charge in [0.15, 0.2) is 0 Å². The van der Waals surface area contributed by atoms with Gasteiger partial charge in [0.1, 0.15) is 0 Å². The van der Waals surface area contributed by atoms with E-state index >= 15 is 0 Å². The second-order valence-electron chi connectivity index (χ2n) is 8.64. The molecule has 1 aliphatic rings. The third-order valence-electron chi connectivity index (χ3n) is 5.96. The molecule has 0 bridgehead atoms. The lowest BCUT2D eigenvalue weighted by atomic mass is 9.99. The van der Waals surface area contributed by atoms with Crippen molar-refractivity contribution < 1.29 is 4.79 Å². The summed E-state index contributed by atoms with van der Waals surface area (Å²) in [5, 5.41) is 3.01. The highest BCUT2D eigenvalue weighted by atomic mass is 16.1. The van der Waals surface area contributed by atoms with Crippen molar-refractivity contribution in [2.45, 2.75) is 52.1 Å². The summed E-state index contributed by atoms with van der Waals surface area (Å²) >= 11 is 0. The standard InChI is InChI=1S/C31H35N3O/c1-5-8-9-10-28-16-17-29-19-25(13-18-30(28)29)21-34(7-3)22-26(6-2)31(35)33-20-24-11-14-27(15-12-24)23(4)32/h7,11-19,22,28H,3-6,8,20-21,32H2,1-2H3,(H,33,35)/b26-22+. The molecule has 0 aliphatic heterocycles. The van der Waals surface area contributed by atoms with E-state index in [1.54, 1.807) is 6.20 Å². The predicted octanol–water partition coefficient (Wildman–Crippen LogP) is 6.09. The fraction of sp³-hybridized carbons (Fsp3) is 0.258. The van der Waals surface area contributed by atoms with Crippen LogP contribution in [-0.2, 0) is 17.9 Å². The van der Waals surface area contributed by atoms with Gasteiger partial charge in [-0.25, -0.2) is 0 Å². The summed E-state index contributed by atoms with van der Waals surface area (Å²) in [6, 6.07) is 14.2. The van der Waals surface area contributed by atoms with E-state index in [2.05, 4.69) is 67.6 Å². The number of benzene rings is 2. The molecular formula is C31H35N3O. The zero-order valence-electron chi connectivity index (χ0n) is 20.8. The lowest BCUT2D eigenvalue weighted by molar-refractivity contribution is -0.117. The number of hydrogen-bond donors (Lipinski definition) is 2. The first-order chi connectivity index (χ1) is 16.9. The maximum atomic E-state index is 12.8. The van der Waals surface area contributed by atoms with Crippen molar-refractivity contribution in [3.63, 3.8) is 0 Å². The topological polar surface area (TPSA) is 58.4 Å². The third kappa shape index (κ3) is 7.01. The van der Waals surface area contributed by atoms with Gasteiger partial charge >= 0.3 is 0 Å². The minimum Gasteiger partial charge on any atom is -0.399 e. The highest BCUT2D eigenvalue weighted by molar-refractivity contribution is 5.93. The van der Waals surface area contributed by atoms with E-state index in [1.807, 2.05) is 42.3 Å². The number of amides is 1. The van der Waals surface area contributed by atoms with Gasteiger partial charge in [-0.3, -0.25) is 4.79 Å². The van der Waals surface area contributed by atoms with Crippen LogP contribution in [0, 0.1) is 11.8 Å². The van der Waals surface area contributed by atoms with Gasteiger partial charge in [0.2, 0.25) is 5.91 Å². The number of allylic oxidation sites excluding steroid dienone is 1. The number of rotatable bonds is 10. The van der Waals surface area contributed by atoms with E-state index in [1.165, 1.54) is 11.1 Å². The van der Waals surface area contributed by atoms with Crippen LogP contribution in [0.5, 0.6) is 0 Å². The van der Waals surface area contributed by atoms with Crippen LogP contribution in [-0.4, -0.2) is 10.8 Å². The Morgan fingerprint density at radius 1 is 1.17 bits per heavy atom. The van der Waals surface area contributed by atoms with E-state index in [-0.39, 0.29) is 11.8 Å². The highest BCUT2D eigenvalue weighted by Crippen LogP contribution is 2.30. The van der Waals surface area contributed by atoms with E-state index in [4.69, 9.17) is 5.73 Å². The molecule has 1 unspecified atom stereocenters. The van der Waals surface area contributed by atoms with Gasteiger partial charge in [0, 0.05) is 37.0 Å². The molecule has 0 saturated carbocycles. The number of nitrogens with one attached hydrogen (secondary N) is 1. The number of unbranched alkanes of at least 4 members (excludes halogenated alkanes) is 1. The fourth-order valence-electron chi connectivity index (χ4n) is 3.90. The lowest BCUT2D eigenvalue weighted by Gasteiger charge is -2.18. The normalized spacial score (nSPS) is 14.0. The Morgan fingerprint density at radius 2 is 1.91 bits per heavy atom. The van der Waals surface area contributed by atoms with Gasteiger partial charge in [-0.05, 0) is 52.9 Å². The number of carbonyl (C=O) groups excluding carboxylic acids is 1. The quantitative estimate of drug-likeness (QED) is 0.330. The summed E-state index contributed by atoms with van der Waals surface area (Å²) in [6.07, 6.45) is 10.6. The molecule has 180 valence electrons. The van der Waals surface area contributed by atoms with Gasteiger partial charge in [-0.1, -0.05) is 81.5 Å². The molecule has 1 aliphatic carbocycles. The second kappa shape index (κ2) is 12.5. The summed E-state index contributed by atoms with van der Waals surface area (Å²) < 4.78 is 0. The Morgan fingerprint density at radius 3 is 2.57 bits per heavy atom. The Labute approximate surface area is 209 Å². The zero-order chi connectivity index (χ0) is 25.2. The van der Waals surface area contributed by atoms with Crippen LogP contribution in [0.15, 0.2) is 79.7 Å². The van der Waals surface area contributed by atoms with Crippen LogP contribution in [0.25, 0.3) is 11.8 Å². The van der Waals surface area contributed by atoms with E-state index in [0.29, 0.717) is 30.8 Å². The summed E-state index contributed by atoms with van der Waals surface area (Å²) in [7, 11) is 0. The van der Waals surface area contributed by atoms with Gasteiger partial charge in [-0.2, -0.15) is 0 Å². The molecule has 2 aromatic rings. The summed E-state index contributed by atoms with van der Waals surface area (Å²) in [5.74, 6) is 6.72. The average Bonchev–Trinajstić information content (AvgIpc) is 3.27. The first-order valence-corrected chi connectivity index (χ1v) is 12.1. The fourth-order valence-corrected chi connectivity index (χ4v) is 3.90. The van der Waals surface area contributed by atoms with Crippen molar-refractivity contribution in [1.82, 2.24) is 10.2 Å². The van der Waals surface area contributed by atoms with Gasteiger partial charge in [-0.15, -0.1) is 5.92 Å². The molecule has 0 spiro atoms. The van der Waals surface area contributed by atoms with Crippen LogP contribution < -0.4 is 11.1 Å². The first kappa shape index (κ1) is 25.6. The Hall–Kier alpha value is -3.97. The number of nitrogens with two attached hydrogens (primary N) is 1. The lowest BCUT2D eigenvalue weighted by Crippen LogP contribution is -2.25. The van der Waals surface area contributed by atoms with Crippen molar-refractivity contribution in [1.29, 1.82) is 0 Å². The Balaban J connectivity index is 1.64. The molecule has 35 heavy (non-hydrogen) atoms. The van der Waals surface area contributed by atoms with Crippen molar-refractivity contribution >= 4 is 17.7 Å². The number of nitrogens with zero attached hydrogens (tertiary/aromatic N) is 1. The largest absolute Gasteiger partial charge is 0.399 e. The van der Waals surface area contributed by atoms with Crippen molar-refractivity contribution in [2.75, 3.05) is 0 Å². The zero-order valence-corrected chi connectivity index (χ0v) is 20.8. The predicted molar refractivity (Wildman–Crippen MR) is 147 cm³/mol. The number of carbonyl (C=O) groups is 1. The van der Waals surface area contributed by atoms with Crippen LogP contribution in [0.2, 0.25) is 0 Å². The molecule has 3 N–H and O–H groups in total. The molecule has 1 amide bonds. The van der Waals surface area contributed by atoms with Gasteiger partial charge < -0.3 is 16.0 Å². The molecule has 4 heteroatoms. The van der Waals surface area contributed by atoms with Crippen molar-refractivity contribution in [3.05, 3.63) is 107 Å². The molecule has 0 heterocycles. The van der Waals surface area contributed by atoms with Crippen LogP contribution in [0.3, 0.4) is 0 Å². The van der Waals surface area contributed by atoms with Crippen LogP contribution in [0.1, 0.15) is 66.8 Å². The number of fused-ring (bicyclic) bond motifs is 1. The molecule has 3 rings (SSSR count). The Kier molecular flexibility index (Phi) is 9.15.